The van der Waals surface area contributed by atoms with Gasteiger partial charge in [-0.25, -0.2) is 0 Å². The SMILES string of the molecule is CCN(C)CC(C(=O)O)C(C)(C)C(C)(C)SSC1C=CC=CN1. The molecule has 4 nitrogen and oxygen atoms in total. The van der Waals surface area contributed by atoms with Crippen molar-refractivity contribution < 1.29 is 9.90 Å². The maximum Gasteiger partial charge on any atom is 0.308 e. The Kier molecular flexibility index (Phi) is 7.55. The summed E-state index contributed by atoms with van der Waals surface area (Å²) in [6.07, 6.45) is 8.05. The van der Waals surface area contributed by atoms with Crippen molar-refractivity contribution in [1.82, 2.24) is 10.2 Å². The number of rotatable bonds is 9. The van der Waals surface area contributed by atoms with Crippen molar-refractivity contribution in [3.63, 3.8) is 0 Å². The van der Waals surface area contributed by atoms with E-state index in [0.29, 0.717) is 6.54 Å². The number of nitrogens with zero attached hydrogens (tertiary/aromatic N) is 1. The fourth-order valence-corrected chi connectivity index (χ4v) is 5.27. The molecule has 0 bridgehead atoms. The van der Waals surface area contributed by atoms with Crippen molar-refractivity contribution in [3.8, 4) is 0 Å². The molecule has 0 saturated heterocycles. The van der Waals surface area contributed by atoms with E-state index in [-0.39, 0.29) is 15.5 Å². The van der Waals surface area contributed by atoms with Gasteiger partial charge in [0.25, 0.3) is 0 Å². The minimum Gasteiger partial charge on any atom is -0.481 e. The Balaban J connectivity index is 2.80. The fraction of sp³-hybridized carbons (Fsp3) is 0.706. The predicted molar refractivity (Wildman–Crippen MR) is 103 cm³/mol. The second-order valence-electron chi connectivity index (χ2n) is 6.99. The molecular weight excluding hydrogens is 328 g/mol. The lowest BCUT2D eigenvalue weighted by Crippen LogP contribution is -2.49. The topological polar surface area (TPSA) is 52.6 Å². The number of carbonyl (C=O) groups is 1. The number of carboxylic acids is 1. The summed E-state index contributed by atoms with van der Waals surface area (Å²) in [4.78, 5) is 13.9. The highest BCUT2D eigenvalue weighted by Crippen LogP contribution is 2.52. The molecule has 2 atom stereocenters. The fourth-order valence-electron chi connectivity index (χ4n) is 2.24. The molecule has 1 heterocycles. The molecule has 1 aliphatic rings. The summed E-state index contributed by atoms with van der Waals surface area (Å²) in [6.45, 7) is 11.9. The molecule has 0 saturated carbocycles. The molecular formula is C17H30N2O2S2. The lowest BCUT2D eigenvalue weighted by molar-refractivity contribution is -0.147. The monoisotopic (exact) mass is 358 g/mol. The number of hydrogen-bond donors (Lipinski definition) is 2. The van der Waals surface area contributed by atoms with E-state index in [1.54, 1.807) is 21.6 Å². The van der Waals surface area contributed by atoms with Gasteiger partial charge in [0.15, 0.2) is 0 Å². The molecule has 0 aromatic carbocycles. The van der Waals surface area contributed by atoms with Gasteiger partial charge in [-0.2, -0.15) is 0 Å². The van der Waals surface area contributed by atoms with Gasteiger partial charge in [-0.05, 0) is 45.1 Å². The van der Waals surface area contributed by atoms with Crippen molar-refractivity contribution in [2.24, 2.45) is 11.3 Å². The first-order chi connectivity index (χ1) is 10.6. The van der Waals surface area contributed by atoms with E-state index >= 15 is 0 Å². The van der Waals surface area contributed by atoms with Crippen molar-refractivity contribution in [2.45, 2.75) is 44.7 Å². The number of aliphatic carboxylic acids is 1. The van der Waals surface area contributed by atoms with Crippen LogP contribution in [0.1, 0.15) is 34.6 Å². The number of carboxylic acid groups (broad SMARTS) is 1. The Labute approximate surface area is 148 Å². The Morgan fingerprint density at radius 2 is 2.00 bits per heavy atom. The summed E-state index contributed by atoms with van der Waals surface area (Å²) >= 11 is 0. The van der Waals surface area contributed by atoms with Crippen molar-refractivity contribution >= 4 is 27.6 Å². The van der Waals surface area contributed by atoms with Crippen molar-refractivity contribution in [1.29, 1.82) is 0 Å². The molecule has 6 heteroatoms. The first-order valence-corrected chi connectivity index (χ1v) is 10.2. The molecule has 0 fully saturated rings. The third-order valence-electron chi connectivity index (χ3n) is 4.87. The summed E-state index contributed by atoms with van der Waals surface area (Å²) in [6, 6.07) is 0. The first kappa shape index (κ1) is 20.5. The second-order valence-corrected chi connectivity index (χ2v) is 9.95. The molecule has 0 radical (unpaired) electrons. The normalized spacial score (nSPS) is 19.7. The molecule has 0 spiro atoms. The third kappa shape index (κ3) is 5.47. The van der Waals surface area contributed by atoms with Gasteiger partial charge in [-0.3, -0.25) is 4.79 Å². The van der Waals surface area contributed by atoms with Crippen molar-refractivity contribution in [3.05, 3.63) is 24.4 Å². The summed E-state index contributed by atoms with van der Waals surface area (Å²) in [5.74, 6) is -1.13. The van der Waals surface area contributed by atoms with Gasteiger partial charge in [0.05, 0.1) is 5.92 Å². The van der Waals surface area contributed by atoms with Crippen LogP contribution in [0.4, 0.5) is 0 Å². The van der Waals surface area contributed by atoms with Crippen LogP contribution in [0.15, 0.2) is 24.4 Å². The van der Waals surface area contributed by atoms with Gasteiger partial charge in [0.2, 0.25) is 0 Å². The highest BCUT2D eigenvalue weighted by molar-refractivity contribution is 8.77. The van der Waals surface area contributed by atoms with Crippen LogP contribution in [0.3, 0.4) is 0 Å². The summed E-state index contributed by atoms with van der Waals surface area (Å²) in [5, 5.41) is 13.3. The molecule has 0 aromatic heterocycles. The zero-order valence-corrected chi connectivity index (χ0v) is 16.6. The largest absolute Gasteiger partial charge is 0.481 e. The number of allylic oxidation sites excluding steroid dienone is 2. The molecule has 23 heavy (non-hydrogen) atoms. The first-order valence-electron chi connectivity index (χ1n) is 7.97. The zero-order valence-electron chi connectivity index (χ0n) is 15.0. The Hall–Kier alpha value is -0.590. The standard InChI is InChI=1S/C17H30N2O2S2/c1-7-19(6)12-13(15(20)21)16(2,3)17(4,5)23-22-14-10-8-9-11-18-14/h8-11,13-14,18H,7,12H2,1-6H3,(H,20,21). The third-order valence-corrected chi connectivity index (χ3v) is 8.57. The minimum atomic E-state index is -0.715. The summed E-state index contributed by atoms with van der Waals surface area (Å²) in [5.41, 5.74) is -0.353. The predicted octanol–water partition coefficient (Wildman–Crippen LogP) is 3.82. The Morgan fingerprint density at radius 1 is 1.35 bits per heavy atom. The smallest absolute Gasteiger partial charge is 0.308 e. The van der Waals surface area contributed by atoms with Gasteiger partial charge in [0, 0.05) is 11.3 Å². The van der Waals surface area contributed by atoms with Crippen LogP contribution < -0.4 is 5.32 Å². The van der Waals surface area contributed by atoms with Gasteiger partial charge in [-0.1, -0.05) is 54.5 Å². The highest BCUT2D eigenvalue weighted by Gasteiger charge is 2.47. The molecule has 1 aliphatic heterocycles. The van der Waals surface area contributed by atoms with Crippen LogP contribution in [0.2, 0.25) is 0 Å². The summed E-state index contributed by atoms with van der Waals surface area (Å²) in [7, 11) is 5.48. The van der Waals surface area contributed by atoms with E-state index in [4.69, 9.17) is 0 Å². The van der Waals surface area contributed by atoms with Crippen LogP contribution in [0.25, 0.3) is 0 Å². The van der Waals surface area contributed by atoms with Crippen LogP contribution in [-0.4, -0.2) is 46.2 Å². The number of nitrogens with one attached hydrogen (secondary N) is 1. The maximum absolute atomic E-state index is 11.9. The van der Waals surface area contributed by atoms with Gasteiger partial charge in [-0.15, -0.1) is 0 Å². The zero-order chi connectivity index (χ0) is 17.7. The van der Waals surface area contributed by atoms with Crippen LogP contribution >= 0.6 is 21.6 Å². The average molecular weight is 359 g/mol. The minimum absolute atomic E-state index is 0.189. The quantitative estimate of drug-likeness (QED) is 0.611. The van der Waals surface area contributed by atoms with E-state index in [1.165, 1.54) is 0 Å². The molecule has 132 valence electrons. The number of hydrogen-bond acceptors (Lipinski definition) is 5. The van der Waals surface area contributed by atoms with E-state index in [0.717, 1.165) is 6.54 Å². The Morgan fingerprint density at radius 3 is 2.48 bits per heavy atom. The van der Waals surface area contributed by atoms with E-state index in [9.17, 15) is 9.90 Å². The van der Waals surface area contributed by atoms with Crippen LogP contribution in [0.5, 0.6) is 0 Å². The molecule has 2 unspecified atom stereocenters. The van der Waals surface area contributed by atoms with E-state index in [1.807, 2.05) is 25.4 Å². The lowest BCUT2D eigenvalue weighted by atomic mass is 9.69. The summed E-state index contributed by atoms with van der Waals surface area (Å²) < 4.78 is -0.189. The lowest BCUT2D eigenvalue weighted by Gasteiger charge is -2.45. The average Bonchev–Trinajstić information content (AvgIpc) is 2.50. The molecule has 0 aromatic rings. The molecule has 0 aliphatic carbocycles. The van der Waals surface area contributed by atoms with Crippen LogP contribution in [0, 0.1) is 11.3 Å². The maximum atomic E-state index is 11.9. The molecule has 1 rings (SSSR count). The van der Waals surface area contributed by atoms with Gasteiger partial charge in [0.1, 0.15) is 5.37 Å². The Bertz CT molecular complexity index is 462. The molecule has 0 amide bonds. The van der Waals surface area contributed by atoms with E-state index < -0.39 is 11.9 Å². The second kappa shape index (κ2) is 8.49. The van der Waals surface area contributed by atoms with Gasteiger partial charge >= 0.3 is 5.97 Å². The molecule has 2 N–H and O–H groups in total. The van der Waals surface area contributed by atoms with Crippen molar-refractivity contribution in [2.75, 3.05) is 20.1 Å². The number of dihydropyridines is 1. The van der Waals surface area contributed by atoms with Crippen LogP contribution in [-0.2, 0) is 4.79 Å². The highest BCUT2D eigenvalue weighted by atomic mass is 33.1. The van der Waals surface area contributed by atoms with Gasteiger partial charge < -0.3 is 15.3 Å². The van der Waals surface area contributed by atoms with E-state index in [2.05, 4.69) is 50.9 Å².